The third kappa shape index (κ3) is 2.08. The van der Waals surface area contributed by atoms with E-state index < -0.39 is 23.8 Å². The predicted molar refractivity (Wildman–Crippen MR) is 45.4 cm³/mol. The van der Waals surface area contributed by atoms with E-state index in [1.165, 1.54) is 0 Å². The molecule has 6 heteroatoms. The number of nitrogens with zero attached hydrogens (tertiary/aromatic N) is 1. The molecule has 14 heavy (non-hydrogen) atoms. The molecule has 1 rings (SSSR count). The average Bonchev–Trinajstić information content (AvgIpc) is 2.48. The summed E-state index contributed by atoms with van der Waals surface area (Å²) in [6, 6.07) is -0.795. The molecular weight excluding hydrogens is 188 g/mol. The first-order valence-electron chi connectivity index (χ1n) is 4.39. The van der Waals surface area contributed by atoms with Crippen LogP contribution < -0.4 is 5.73 Å². The summed E-state index contributed by atoms with van der Waals surface area (Å²) in [5.74, 6) is -1.74. The number of carbonyl (C=O) groups is 3. The van der Waals surface area contributed by atoms with E-state index in [0.29, 0.717) is 11.5 Å². The van der Waals surface area contributed by atoms with Crippen molar-refractivity contribution < 1.29 is 19.2 Å². The molecule has 1 atom stereocenters. The number of carbonyl (C=O) groups excluding carboxylic acids is 3. The first-order valence-corrected chi connectivity index (χ1v) is 4.39. The number of hydrogen-bond donors (Lipinski definition) is 1. The van der Waals surface area contributed by atoms with Gasteiger partial charge in [0.15, 0.2) is 0 Å². The topological polar surface area (TPSA) is 89.7 Å². The molecule has 0 aromatic heterocycles. The maximum absolute atomic E-state index is 11.1. The lowest BCUT2D eigenvalue weighted by Crippen LogP contribution is -2.39. The fraction of sp³-hybridized carbons (Fsp3) is 0.625. The minimum atomic E-state index is -0.795. The van der Waals surface area contributed by atoms with Crippen LogP contribution in [-0.2, 0) is 19.2 Å². The van der Waals surface area contributed by atoms with Crippen LogP contribution in [-0.4, -0.2) is 28.9 Å². The number of nitrogens with two attached hydrogens (primary N) is 1. The third-order valence-electron chi connectivity index (χ3n) is 1.93. The Labute approximate surface area is 80.9 Å². The van der Waals surface area contributed by atoms with E-state index in [1.54, 1.807) is 6.92 Å². The molecule has 0 aliphatic carbocycles. The van der Waals surface area contributed by atoms with Gasteiger partial charge in [-0.25, -0.2) is 4.79 Å². The SMILES string of the molecule is CCC(N)C(=O)ON1C(=O)CCC1=O. The number of amides is 2. The molecule has 2 N–H and O–H groups in total. The molecule has 1 fully saturated rings. The maximum atomic E-state index is 11.1. The Morgan fingerprint density at radius 3 is 2.43 bits per heavy atom. The zero-order chi connectivity index (χ0) is 10.7. The van der Waals surface area contributed by atoms with Crippen LogP contribution in [0.2, 0.25) is 0 Å². The van der Waals surface area contributed by atoms with Gasteiger partial charge in [-0.1, -0.05) is 6.92 Å². The molecule has 0 aromatic carbocycles. The van der Waals surface area contributed by atoms with E-state index in [0.717, 1.165) is 0 Å². The highest BCUT2D eigenvalue weighted by atomic mass is 16.7. The normalized spacial score (nSPS) is 18.6. The van der Waals surface area contributed by atoms with Crippen LogP contribution >= 0.6 is 0 Å². The second-order valence-electron chi connectivity index (χ2n) is 3.01. The highest BCUT2D eigenvalue weighted by Gasteiger charge is 2.33. The molecule has 0 bridgehead atoms. The number of imide groups is 1. The first-order chi connectivity index (χ1) is 6.56. The minimum Gasteiger partial charge on any atom is -0.329 e. The largest absolute Gasteiger partial charge is 0.349 e. The van der Waals surface area contributed by atoms with E-state index in [2.05, 4.69) is 4.84 Å². The van der Waals surface area contributed by atoms with E-state index in [9.17, 15) is 14.4 Å². The molecule has 2 amide bonds. The molecule has 78 valence electrons. The van der Waals surface area contributed by atoms with Crippen LogP contribution in [0.25, 0.3) is 0 Å². The van der Waals surface area contributed by atoms with Gasteiger partial charge in [0.1, 0.15) is 6.04 Å². The molecule has 1 unspecified atom stereocenters. The van der Waals surface area contributed by atoms with Crippen molar-refractivity contribution in [2.24, 2.45) is 5.73 Å². The lowest BCUT2D eigenvalue weighted by atomic mass is 10.2. The third-order valence-corrected chi connectivity index (χ3v) is 1.93. The smallest absolute Gasteiger partial charge is 0.329 e. The molecular formula is C8H12N2O4. The Morgan fingerprint density at radius 1 is 1.50 bits per heavy atom. The van der Waals surface area contributed by atoms with Crippen LogP contribution in [0.5, 0.6) is 0 Å². The molecule has 0 aromatic rings. The molecule has 6 nitrogen and oxygen atoms in total. The Morgan fingerprint density at radius 2 is 2.00 bits per heavy atom. The lowest BCUT2D eigenvalue weighted by molar-refractivity contribution is -0.198. The van der Waals surface area contributed by atoms with E-state index in [-0.39, 0.29) is 12.8 Å². The molecule has 0 spiro atoms. The van der Waals surface area contributed by atoms with Gasteiger partial charge in [0, 0.05) is 12.8 Å². The van der Waals surface area contributed by atoms with Crippen LogP contribution in [0.15, 0.2) is 0 Å². The minimum absolute atomic E-state index is 0.0908. The van der Waals surface area contributed by atoms with E-state index in [1.807, 2.05) is 0 Å². The van der Waals surface area contributed by atoms with Gasteiger partial charge in [-0.15, -0.1) is 5.06 Å². The highest BCUT2D eigenvalue weighted by molar-refractivity contribution is 6.01. The zero-order valence-electron chi connectivity index (χ0n) is 7.86. The summed E-state index contributed by atoms with van der Waals surface area (Å²) < 4.78 is 0. The van der Waals surface area contributed by atoms with Crippen molar-refractivity contribution in [1.82, 2.24) is 5.06 Å². The molecule has 1 saturated heterocycles. The van der Waals surface area contributed by atoms with Gasteiger partial charge in [-0.05, 0) is 6.42 Å². The summed E-state index contributed by atoms with van der Waals surface area (Å²) in [6.07, 6.45) is 0.579. The van der Waals surface area contributed by atoms with Crippen LogP contribution in [0.3, 0.4) is 0 Å². The van der Waals surface area contributed by atoms with Crippen molar-refractivity contribution in [3.05, 3.63) is 0 Å². The van der Waals surface area contributed by atoms with Crippen molar-refractivity contribution in [2.75, 3.05) is 0 Å². The van der Waals surface area contributed by atoms with Crippen molar-refractivity contribution in [1.29, 1.82) is 0 Å². The van der Waals surface area contributed by atoms with E-state index in [4.69, 9.17) is 5.73 Å². The van der Waals surface area contributed by atoms with Crippen LogP contribution in [0.1, 0.15) is 26.2 Å². The summed E-state index contributed by atoms with van der Waals surface area (Å²) >= 11 is 0. The Hall–Kier alpha value is -1.43. The number of hydroxylamine groups is 2. The maximum Gasteiger partial charge on any atom is 0.349 e. The predicted octanol–water partition coefficient (Wildman–Crippen LogP) is -0.669. The summed E-state index contributed by atoms with van der Waals surface area (Å²) in [5.41, 5.74) is 5.36. The Balaban J connectivity index is 2.55. The Kier molecular flexibility index (Phi) is 3.19. The molecule has 1 heterocycles. The van der Waals surface area contributed by atoms with Gasteiger partial charge in [0.2, 0.25) is 0 Å². The molecule has 0 radical (unpaired) electrons. The zero-order valence-corrected chi connectivity index (χ0v) is 7.86. The van der Waals surface area contributed by atoms with Crippen molar-refractivity contribution in [2.45, 2.75) is 32.2 Å². The number of rotatable bonds is 3. The quantitative estimate of drug-likeness (QED) is 0.610. The van der Waals surface area contributed by atoms with Crippen LogP contribution in [0.4, 0.5) is 0 Å². The standard InChI is InChI=1S/C8H12N2O4/c1-2-5(9)8(13)14-10-6(11)3-4-7(10)12/h5H,2-4,9H2,1H3. The fourth-order valence-electron chi connectivity index (χ4n) is 0.982. The summed E-state index contributed by atoms with van der Waals surface area (Å²) in [4.78, 5) is 37.7. The average molecular weight is 200 g/mol. The highest BCUT2D eigenvalue weighted by Crippen LogP contribution is 2.12. The van der Waals surface area contributed by atoms with Gasteiger partial charge < -0.3 is 10.6 Å². The van der Waals surface area contributed by atoms with Gasteiger partial charge in [0.25, 0.3) is 11.8 Å². The van der Waals surface area contributed by atoms with Gasteiger partial charge in [-0.2, -0.15) is 0 Å². The van der Waals surface area contributed by atoms with Gasteiger partial charge >= 0.3 is 5.97 Å². The summed E-state index contributed by atoms with van der Waals surface area (Å²) in [7, 11) is 0. The monoisotopic (exact) mass is 200 g/mol. The summed E-state index contributed by atoms with van der Waals surface area (Å²) in [5, 5.41) is 0.498. The van der Waals surface area contributed by atoms with Crippen molar-refractivity contribution >= 4 is 17.8 Å². The van der Waals surface area contributed by atoms with E-state index >= 15 is 0 Å². The van der Waals surface area contributed by atoms with Gasteiger partial charge in [-0.3, -0.25) is 9.59 Å². The lowest BCUT2D eigenvalue weighted by Gasteiger charge is -2.14. The second kappa shape index (κ2) is 4.19. The van der Waals surface area contributed by atoms with Crippen LogP contribution in [0, 0.1) is 0 Å². The molecule has 0 saturated carbocycles. The van der Waals surface area contributed by atoms with Crippen molar-refractivity contribution in [3.63, 3.8) is 0 Å². The second-order valence-corrected chi connectivity index (χ2v) is 3.01. The first kappa shape index (κ1) is 10.6. The Bertz CT molecular complexity index is 261. The van der Waals surface area contributed by atoms with Gasteiger partial charge in [0.05, 0.1) is 0 Å². The molecule has 1 aliphatic heterocycles. The fourth-order valence-corrected chi connectivity index (χ4v) is 0.982. The molecule has 1 aliphatic rings. The summed E-state index contributed by atoms with van der Waals surface area (Å²) in [6.45, 7) is 1.71. The van der Waals surface area contributed by atoms with Crippen molar-refractivity contribution in [3.8, 4) is 0 Å². The number of hydrogen-bond acceptors (Lipinski definition) is 5.